The van der Waals surface area contributed by atoms with E-state index in [0.717, 1.165) is 29.0 Å². The van der Waals surface area contributed by atoms with Crippen molar-refractivity contribution in [3.8, 4) is 5.75 Å². The van der Waals surface area contributed by atoms with Gasteiger partial charge in [0.25, 0.3) is 0 Å². The molecule has 2 amide bonds. The molecule has 6 nitrogen and oxygen atoms in total. The van der Waals surface area contributed by atoms with Crippen LogP contribution in [0.15, 0.2) is 42.5 Å². The summed E-state index contributed by atoms with van der Waals surface area (Å²) in [6.45, 7) is 2.39. The number of anilines is 3. The highest BCUT2D eigenvalue weighted by atomic mass is 16.5. The minimum absolute atomic E-state index is 0.0385. The Morgan fingerprint density at radius 2 is 2.00 bits per heavy atom. The summed E-state index contributed by atoms with van der Waals surface area (Å²) >= 11 is 0. The molecule has 0 bridgehead atoms. The molecule has 0 fully saturated rings. The summed E-state index contributed by atoms with van der Waals surface area (Å²) in [5, 5.41) is 5.95. The molecule has 6 heteroatoms. The maximum absolute atomic E-state index is 12.2. The molecule has 3 rings (SSSR count). The van der Waals surface area contributed by atoms with Crippen molar-refractivity contribution in [1.29, 1.82) is 0 Å². The highest BCUT2D eigenvalue weighted by Gasteiger charge is 2.22. The topological polar surface area (TPSA) is 70.7 Å². The molecule has 0 aromatic heterocycles. The zero-order chi connectivity index (χ0) is 17.8. The van der Waals surface area contributed by atoms with Gasteiger partial charge in [-0.2, -0.15) is 0 Å². The van der Waals surface area contributed by atoms with Crippen LogP contribution in [0, 0.1) is 0 Å². The zero-order valence-electron chi connectivity index (χ0n) is 14.3. The molecule has 0 unspecified atom stereocenters. The molecule has 1 heterocycles. The van der Waals surface area contributed by atoms with Crippen LogP contribution in [0.5, 0.6) is 5.75 Å². The molecule has 0 saturated heterocycles. The Morgan fingerprint density at radius 3 is 2.76 bits per heavy atom. The van der Waals surface area contributed by atoms with Crippen LogP contribution in [-0.4, -0.2) is 32.0 Å². The predicted molar refractivity (Wildman–Crippen MR) is 98.3 cm³/mol. The van der Waals surface area contributed by atoms with Gasteiger partial charge < -0.3 is 20.3 Å². The third kappa shape index (κ3) is 3.74. The number of benzene rings is 2. The molecule has 25 heavy (non-hydrogen) atoms. The molecule has 0 radical (unpaired) electrons. The number of amides is 2. The third-order valence-corrected chi connectivity index (χ3v) is 4.19. The monoisotopic (exact) mass is 339 g/mol. The molecular weight excluding hydrogens is 318 g/mol. The molecule has 2 aromatic carbocycles. The van der Waals surface area contributed by atoms with E-state index in [-0.39, 0.29) is 18.4 Å². The molecule has 130 valence electrons. The standard InChI is InChI=1S/C19H21N3O3/c1-13(23)22-10-9-14-11-15(7-8-17(14)22)21-19(24)12-20-16-5-3-4-6-18(16)25-2/h3-8,11,20H,9-10,12H2,1-2H3,(H,21,24). The lowest BCUT2D eigenvalue weighted by atomic mass is 10.1. The lowest BCUT2D eigenvalue weighted by Crippen LogP contribution is -2.25. The highest BCUT2D eigenvalue weighted by Crippen LogP contribution is 2.30. The number of ether oxygens (including phenoxy) is 1. The van der Waals surface area contributed by atoms with Crippen molar-refractivity contribution in [1.82, 2.24) is 0 Å². The number of nitrogens with one attached hydrogen (secondary N) is 2. The van der Waals surface area contributed by atoms with Gasteiger partial charge in [0.2, 0.25) is 11.8 Å². The summed E-state index contributed by atoms with van der Waals surface area (Å²) in [6.07, 6.45) is 0.804. The van der Waals surface area contributed by atoms with Crippen LogP contribution in [0.25, 0.3) is 0 Å². The van der Waals surface area contributed by atoms with Crippen molar-refractivity contribution in [2.45, 2.75) is 13.3 Å². The first-order valence-electron chi connectivity index (χ1n) is 8.16. The number of hydrogen-bond donors (Lipinski definition) is 2. The van der Waals surface area contributed by atoms with Gasteiger partial charge in [0.15, 0.2) is 0 Å². The quantitative estimate of drug-likeness (QED) is 0.879. The SMILES string of the molecule is COc1ccccc1NCC(=O)Nc1ccc2c(c1)CCN2C(C)=O. The summed E-state index contributed by atoms with van der Waals surface area (Å²) in [5.41, 5.74) is 3.51. The first-order valence-corrected chi connectivity index (χ1v) is 8.16. The van der Waals surface area contributed by atoms with Crippen molar-refractivity contribution < 1.29 is 14.3 Å². The van der Waals surface area contributed by atoms with Crippen LogP contribution >= 0.6 is 0 Å². The van der Waals surface area contributed by atoms with Crippen LogP contribution in [-0.2, 0) is 16.0 Å². The van der Waals surface area contributed by atoms with Gasteiger partial charge in [-0.05, 0) is 42.3 Å². The van der Waals surface area contributed by atoms with E-state index in [1.54, 1.807) is 18.9 Å². The van der Waals surface area contributed by atoms with Gasteiger partial charge in [0.1, 0.15) is 5.75 Å². The number of nitrogens with zero attached hydrogens (tertiary/aromatic N) is 1. The van der Waals surface area contributed by atoms with Gasteiger partial charge in [0, 0.05) is 24.8 Å². The maximum Gasteiger partial charge on any atom is 0.243 e. The average Bonchev–Trinajstić information content (AvgIpc) is 3.03. The molecule has 1 aliphatic heterocycles. The molecule has 0 saturated carbocycles. The van der Waals surface area contributed by atoms with E-state index in [1.807, 2.05) is 42.5 Å². The Morgan fingerprint density at radius 1 is 1.20 bits per heavy atom. The van der Waals surface area contributed by atoms with Crippen LogP contribution in [0.1, 0.15) is 12.5 Å². The summed E-state index contributed by atoms with van der Waals surface area (Å²) in [4.78, 5) is 25.5. The Labute approximate surface area is 146 Å². The second kappa shape index (κ2) is 7.25. The van der Waals surface area contributed by atoms with Gasteiger partial charge in [-0.1, -0.05) is 12.1 Å². The molecule has 0 aliphatic carbocycles. The molecule has 0 atom stereocenters. The van der Waals surface area contributed by atoms with Crippen LogP contribution in [0.3, 0.4) is 0 Å². The summed E-state index contributed by atoms with van der Waals surface area (Å²) in [5.74, 6) is 0.584. The fourth-order valence-electron chi connectivity index (χ4n) is 2.98. The largest absolute Gasteiger partial charge is 0.495 e. The highest BCUT2D eigenvalue weighted by molar-refractivity contribution is 5.96. The number of methoxy groups -OCH3 is 1. The number of rotatable bonds is 5. The summed E-state index contributed by atoms with van der Waals surface area (Å²) in [6, 6.07) is 13.1. The van der Waals surface area contributed by atoms with Crippen molar-refractivity contribution in [3.63, 3.8) is 0 Å². The zero-order valence-corrected chi connectivity index (χ0v) is 14.3. The van der Waals surface area contributed by atoms with Crippen molar-refractivity contribution in [3.05, 3.63) is 48.0 Å². The van der Waals surface area contributed by atoms with Gasteiger partial charge in [-0.3, -0.25) is 9.59 Å². The predicted octanol–water partition coefficient (Wildman–Crippen LogP) is 2.65. The second-order valence-electron chi connectivity index (χ2n) is 5.87. The normalized spacial score (nSPS) is 12.5. The molecule has 1 aliphatic rings. The van der Waals surface area contributed by atoms with E-state index in [4.69, 9.17) is 4.74 Å². The summed E-state index contributed by atoms with van der Waals surface area (Å²) in [7, 11) is 1.59. The van der Waals surface area contributed by atoms with Gasteiger partial charge in [0.05, 0.1) is 19.3 Å². The smallest absolute Gasteiger partial charge is 0.243 e. The van der Waals surface area contributed by atoms with Crippen LogP contribution in [0.2, 0.25) is 0 Å². The van der Waals surface area contributed by atoms with E-state index in [9.17, 15) is 9.59 Å². The fraction of sp³-hybridized carbons (Fsp3) is 0.263. The molecule has 2 aromatic rings. The Balaban J connectivity index is 1.61. The lowest BCUT2D eigenvalue weighted by Gasteiger charge is -2.15. The van der Waals surface area contributed by atoms with E-state index < -0.39 is 0 Å². The van der Waals surface area contributed by atoms with Gasteiger partial charge >= 0.3 is 0 Å². The van der Waals surface area contributed by atoms with E-state index in [1.165, 1.54) is 0 Å². The number of hydrogen-bond acceptors (Lipinski definition) is 4. The first-order chi connectivity index (χ1) is 12.1. The van der Waals surface area contributed by atoms with E-state index in [0.29, 0.717) is 12.3 Å². The second-order valence-corrected chi connectivity index (χ2v) is 5.87. The van der Waals surface area contributed by atoms with Crippen molar-refractivity contribution in [2.75, 3.05) is 35.7 Å². The first kappa shape index (κ1) is 16.8. The third-order valence-electron chi connectivity index (χ3n) is 4.19. The Bertz CT molecular complexity index is 804. The van der Waals surface area contributed by atoms with Crippen LogP contribution < -0.4 is 20.3 Å². The van der Waals surface area contributed by atoms with E-state index in [2.05, 4.69) is 10.6 Å². The average molecular weight is 339 g/mol. The Kier molecular flexibility index (Phi) is 4.88. The minimum atomic E-state index is -0.146. The number of para-hydroxylation sites is 2. The molecule has 0 spiro atoms. The van der Waals surface area contributed by atoms with Crippen molar-refractivity contribution >= 4 is 28.9 Å². The number of carbonyl (C=O) groups excluding carboxylic acids is 2. The Hall–Kier alpha value is -3.02. The number of carbonyl (C=O) groups is 2. The van der Waals surface area contributed by atoms with E-state index >= 15 is 0 Å². The van der Waals surface area contributed by atoms with Gasteiger partial charge in [-0.15, -0.1) is 0 Å². The van der Waals surface area contributed by atoms with Gasteiger partial charge in [-0.25, -0.2) is 0 Å². The molecule has 2 N–H and O–H groups in total. The lowest BCUT2D eigenvalue weighted by molar-refractivity contribution is -0.116. The fourth-order valence-corrected chi connectivity index (χ4v) is 2.98. The molecular formula is C19H21N3O3. The number of fused-ring (bicyclic) bond motifs is 1. The minimum Gasteiger partial charge on any atom is -0.495 e. The van der Waals surface area contributed by atoms with Crippen molar-refractivity contribution in [2.24, 2.45) is 0 Å². The van der Waals surface area contributed by atoms with Crippen LogP contribution in [0.4, 0.5) is 17.1 Å². The summed E-state index contributed by atoms with van der Waals surface area (Å²) < 4.78 is 5.25. The maximum atomic E-state index is 12.2.